The number of ether oxygens (including phenoxy) is 1. The Bertz CT molecular complexity index is 906. The largest absolute Gasteiger partial charge is 0.444 e. The molecule has 0 aliphatic carbocycles. The van der Waals surface area contributed by atoms with Crippen LogP contribution in [0.4, 0.5) is 9.18 Å². The first-order chi connectivity index (χ1) is 14.7. The summed E-state index contributed by atoms with van der Waals surface area (Å²) >= 11 is 0. The molecule has 8 heteroatoms. The van der Waals surface area contributed by atoms with E-state index in [2.05, 4.69) is 10.3 Å². The number of piperidine rings is 1. The lowest BCUT2D eigenvalue weighted by molar-refractivity contribution is -0.134. The van der Waals surface area contributed by atoms with E-state index in [1.165, 1.54) is 12.3 Å². The Morgan fingerprint density at radius 1 is 1.29 bits per heavy atom. The van der Waals surface area contributed by atoms with E-state index in [0.29, 0.717) is 36.7 Å². The molecule has 1 aromatic heterocycles. The molecule has 1 fully saturated rings. The fraction of sp³-hybridized carbons (Fsp3) is 0.522. The van der Waals surface area contributed by atoms with Gasteiger partial charge in [0, 0.05) is 32.0 Å². The summed E-state index contributed by atoms with van der Waals surface area (Å²) in [5.74, 6) is 0.348. The van der Waals surface area contributed by atoms with Crippen LogP contribution in [0.3, 0.4) is 0 Å². The van der Waals surface area contributed by atoms with Crippen LogP contribution >= 0.6 is 0 Å². The van der Waals surface area contributed by atoms with Crippen molar-refractivity contribution in [2.75, 3.05) is 13.1 Å². The Morgan fingerprint density at radius 2 is 2.06 bits per heavy atom. The third kappa shape index (κ3) is 6.54. The Balaban J connectivity index is 1.54. The number of amides is 2. The van der Waals surface area contributed by atoms with Gasteiger partial charge in [0.15, 0.2) is 11.7 Å². The summed E-state index contributed by atoms with van der Waals surface area (Å²) in [6, 6.07) is 6.27. The SMILES string of the molecule is CC(C)(C)OC(=O)NCC1CCCCN1C(=O)CCc1ncc(-c2ccccc2F)o1. The number of likely N-dealkylation sites (tertiary alicyclic amines) is 1. The predicted molar refractivity (Wildman–Crippen MR) is 114 cm³/mol. The molecule has 1 aliphatic heterocycles. The van der Waals surface area contributed by atoms with Crippen molar-refractivity contribution in [1.82, 2.24) is 15.2 Å². The highest BCUT2D eigenvalue weighted by atomic mass is 19.1. The molecule has 1 N–H and O–H groups in total. The van der Waals surface area contributed by atoms with Crippen molar-refractivity contribution in [3.8, 4) is 11.3 Å². The van der Waals surface area contributed by atoms with Gasteiger partial charge in [-0.25, -0.2) is 14.2 Å². The first-order valence-corrected chi connectivity index (χ1v) is 10.7. The molecule has 7 nitrogen and oxygen atoms in total. The highest BCUT2D eigenvalue weighted by molar-refractivity contribution is 5.77. The van der Waals surface area contributed by atoms with E-state index in [0.717, 1.165) is 19.3 Å². The van der Waals surface area contributed by atoms with Crippen molar-refractivity contribution < 1.29 is 23.1 Å². The molecule has 1 saturated heterocycles. The van der Waals surface area contributed by atoms with Crippen LogP contribution in [0.2, 0.25) is 0 Å². The van der Waals surface area contributed by atoms with E-state index in [4.69, 9.17) is 9.15 Å². The van der Waals surface area contributed by atoms with E-state index in [1.807, 2.05) is 25.7 Å². The van der Waals surface area contributed by atoms with Crippen LogP contribution in [0.25, 0.3) is 11.3 Å². The summed E-state index contributed by atoms with van der Waals surface area (Å²) in [7, 11) is 0. The number of oxazole rings is 1. The molecule has 31 heavy (non-hydrogen) atoms. The summed E-state index contributed by atoms with van der Waals surface area (Å²) in [6.07, 6.45) is 4.34. The van der Waals surface area contributed by atoms with Crippen LogP contribution in [0.15, 0.2) is 34.9 Å². The number of nitrogens with zero attached hydrogens (tertiary/aromatic N) is 2. The van der Waals surface area contributed by atoms with Crippen LogP contribution in [0.1, 0.15) is 52.3 Å². The Morgan fingerprint density at radius 3 is 2.81 bits per heavy atom. The van der Waals surface area contributed by atoms with Gasteiger partial charge in [0.25, 0.3) is 0 Å². The highest BCUT2D eigenvalue weighted by Crippen LogP contribution is 2.24. The molecular formula is C23H30FN3O4. The molecule has 0 saturated carbocycles. The maximum absolute atomic E-state index is 13.9. The summed E-state index contributed by atoms with van der Waals surface area (Å²) in [5, 5.41) is 2.77. The number of rotatable bonds is 6. The van der Waals surface area contributed by atoms with E-state index in [-0.39, 0.29) is 24.2 Å². The highest BCUT2D eigenvalue weighted by Gasteiger charge is 2.28. The summed E-state index contributed by atoms with van der Waals surface area (Å²) < 4.78 is 24.8. The van der Waals surface area contributed by atoms with Gasteiger partial charge < -0.3 is 19.4 Å². The number of aromatic nitrogens is 1. The third-order valence-corrected chi connectivity index (χ3v) is 5.07. The van der Waals surface area contributed by atoms with E-state index >= 15 is 0 Å². The van der Waals surface area contributed by atoms with E-state index < -0.39 is 11.7 Å². The monoisotopic (exact) mass is 431 g/mol. The second kappa shape index (κ2) is 9.94. The van der Waals surface area contributed by atoms with Crippen molar-refractivity contribution in [2.45, 2.75) is 64.5 Å². The zero-order chi connectivity index (χ0) is 22.4. The fourth-order valence-electron chi connectivity index (χ4n) is 3.63. The van der Waals surface area contributed by atoms with Gasteiger partial charge in [-0.2, -0.15) is 0 Å². The summed E-state index contributed by atoms with van der Waals surface area (Å²) in [4.78, 5) is 30.8. The lowest BCUT2D eigenvalue weighted by Gasteiger charge is -2.36. The zero-order valence-corrected chi connectivity index (χ0v) is 18.3. The number of nitrogens with one attached hydrogen (secondary N) is 1. The van der Waals surface area contributed by atoms with Gasteiger partial charge >= 0.3 is 6.09 Å². The van der Waals surface area contributed by atoms with Gasteiger partial charge in [0.05, 0.1) is 11.8 Å². The quantitative estimate of drug-likeness (QED) is 0.736. The molecule has 1 unspecified atom stereocenters. The molecule has 0 radical (unpaired) electrons. The van der Waals surface area contributed by atoms with Gasteiger partial charge in [-0.3, -0.25) is 4.79 Å². The lowest BCUT2D eigenvalue weighted by Crippen LogP contribution is -2.50. The summed E-state index contributed by atoms with van der Waals surface area (Å²) in [6.45, 7) is 6.44. The number of aryl methyl sites for hydroxylation is 1. The first-order valence-electron chi connectivity index (χ1n) is 10.7. The molecule has 0 spiro atoms. The zero-order valence-electron chi connectivity index (χ0n) is 18.3. The Labute approximate surface area is 182 Å². The van der Waals surface area contributed by atoms with Crippen LogP contribution in [0, 0.1) is 5.82 Å². The normalized spacial score (nSPS) is 16.8. The maximum Gasteiger partial charge on any atom is 0.407 e. The lowest BCUT2D eigenvalue weighted by atomic mass is 10.0. The van der Waals surface area contributed by atoms with Gasteiger partial charge in [-0.1, -0.05) is 12.1 Å². The van der Waals surface area contributed by atoms with Crippen LogP contribution < -0.4 is 5.32 Å². The minimum absolute atomic E-state index is 0.0127. The van der Waals surface area contributed by atoms with Crippen molar-refractivity contribution in [3.05, 3.63) is 42.2 Å². The molecule has 1 atom stereocenters. The second-order valence-electron chi connectivity index (χ2n) is 8.72. The summed E-state index contributed by atoms with van der Waals surface area (Å²) in [5.41, 5.74) is -0.221. The topological polar surface area (TPSA) is 84.7 Å². The van der Waals surface area contributed by atoms with Crippen molar-refractivity contribution in [2.24, 2.45) is 0 Å². The van der Waals surface area contributed by atoms with Gasteiger partial charge in [0.1, 0.15) is 11.4 Å². The molecule has 168 valence electrons. The second-order valence-corrected chi connectivity index (χ2v) is 8.72. The minimum Gasteiger partial charge on any atom is -0.444 e. The predicted octanol–water partition coefficient (Wildman–Crippen LogP) is 4.32. The van der Waals surface area contributed by atoms with Crippen LogP contribution in [0.5, 0.6) is 0 Å². The number of benzene rings is 1. The molecule has 3 rings (SSSR count). The molecule has 0 bridgehead atoms. The molecule has 1 aliphatic rings. The minimum atomic E-state index is -0.566. The smallest absolute Gasteiger partial charge is 0.407 e. The Kier molecular flexibility index (Phi) is 7.30. The van der Waals surface area contributed by atoms with E-state index in [1.54, 1.807) is 18.2 Å². The van der Waals surface area contributed by atoms with Crippen molar-refractivity contribution in [3.63, 3.8) is 0 Å². The number of hydrogen-bond donors (Lipinski definition) is 1. The molecule has 2 aromatic rings. The Hall–Kier alpha value is -2.90. The third-order valence-electron chi connectivity index (χ3n) is 5.07. The first kappa shape index (κ1) is 22.8. The standard InChI is InChI=1S/C23H30FN3O4/c1-23(2,3)31-22(29)26-14-16-8-6-7-13-27(16)21(28)12-11-20-25-15-19(30-20)17-9-4-5-10-18(17)24/h4-5,9-10,15-16H,6-8,11-14H2,1-3H3,(H,26,29). The number of halogens is 1. The molecule has 1 aromatic carbocycles. The van der Waals surface area contributed by atoms with Crippen molar-refractivity contribution in [1.29, 1.82) is 0 Å². The fourth-order valence-corrected chi connectivity index (χ4v) is 3.63. The number of hydrogen-bond acceptors (Lipinski definition) is 5. The molecular weight excluding hydrogens is 401 g/mol. The molecule has 2 amide bonds. The van der Waals surface area contributed by atoms with Gasteiger partial charge in [0.2, 0.25) is 5.91 Å². The number of alkyl carbamates (subject to hydrolysis) is 1. The van der Waals surface area contributed by atoms with Crippen LogP contribution in [-0.4, -0.2) is 46.6 Å². The number of carbonyl (C=O) groups is 2. The van der Waals surface area contributed by atoms with E-state index in [9.17, 15) is 14.0 Å². The average molecular weight is 432 g/mol. The van der Waals surface area contributed by atoms with Gasteiger partial charge in [-0.15, -0.1) is 0 Å². The van der Waals surface area contributed by atoms with Crippen molar-refractivity contribution >= 4 is 12.0 Å². The molecule has 2 heterocycles. The van der Waals surface area contributed by atoms with Gasteiger partial charge in [-0.05, 0) is 52.2 Å². The maximum atomic E-state index is 13.9. The number of carbonyl (C=O) groups excluding carboxylic acids is 2. The van der Waals surface area contributed by atoms with Crippen LogP contribution in [-0.2, 0) is 16.0 Å². The average Bonchev–Trinajstić information content (AvgIpc) is 3.18.